The Morgan fingerprint density at radius 1 is 0.786 bits per heavy atom. The molecule has 8 nitrogen and oxygen atoms in total. The molecule has 0 bridgehead atoms. The molecule has 0 fully saturated rings. The van der Waals surface area contributed by atoms with Crippen molar-refractivity contribution in [2.24, 2.45) is 5.73 Å². The second-order valence-corrected chi connectivity index (χ2v) is 7.13. The van der Waals surface area contributed by atoms with Gasteiger partial charge in [0.15, 0.2) is 0 Å². The molecule has 1 rings (SSSR count). The van der Waals surface area contributed by atoms with Crippen molar-refractivity contribution < 1.29 is 9.47 Å². The van der Waals surface area contributed by atoms with Gasteiger partial charge in [0.05, 0.1) is 26.4 Å². The van der Waals surface area contributed by atoms with Gasteiger partial charge in [-0.05, 0) is 6.42 Å². The number of aromatic nitrogens is 3. The SMILES string of the molecule is CCCCCCCCNc1nc(NCCOCCOCCN)nc(C(C)C)n1. The summed E-state index contributed by atoms with van der Waals surface area (Å²) in [5.74, 6) is 2.27. The number of nitrogens with zero attached hydrogens (tertiary/aromatic N) is 3. The van der Waals surface area contributed by atoms with E-state index in [9.17, 15) is 0 Å². The van der Waals surface area contributed by atoms with Crippen molar-refractivity contribution in [3.63, 3.8) is 0 Å². The fourth-order valence-corrected chi connectivity index (χ4v) is 2.55. The van der Waals surface area contributed by atoms with Crippen LogP contribution in [0.4, 0.5) is 11.9 Å². The van der Waals surface area contributed by atoms with E-state index in [1.165, 1.54) is 32.1 Å². The Hall–Kier alpha value is -1.51. The third kappa shape index (κ3) is 12.0. The minimum absolute atomic E-state index is 0.245. The van der Waals surface area contributed by atoms with Gasteiger partial charge in [-0.25, -0.2) is 0 Å². The van der Waals surface area contributed by atoms with Crippen LogP contribution < -0.4 is 16.4 Å². The Morgan fingerprint density at radius 3 is 2.04 bits per heavy atom. The van der Waals surface area contributed by atoms with Crippen LogP contribution in [0.25, 0.3) is 0 Å². The van der Waals surface area contributed by atoms with E-state index in [0.717, 1.165) is 18.8 Å². The average Bonchev–Trinajstić information content (AvgIpc) is 2.69. The van der Waals surface area contributed by atoms with Gasteiger partial charge in [0, 0.05) is 25.6 Å². The quantitative estimate of drug-likeness (QED) is 0.325. The van der Waals surface area contributed by atoms with Crippen molar-refractivity contribution >= 4 is 11.9 Å². The molecule has 0 unspecified atom stereocenters. The van der Waals surface area contributed by atoms with Crippen molar-refractivity contribution in [2.45, 2.75) is 65.2 Å². The number of nitrogens with one attached hydrogen (secondary N) is 2. The van der Waals surface area contributed by atoms with Crippen LogP contribution >= 0.6 is 0 Å². The van der Waals surface area contributed by atoms with E-state index in [0.29, 0.717) is 51.4 Å². The Morgan fingerprint density at radius 2 is 1.39 bits per heavy atom. The van der Waals surface area contributed by atoms with Crippen LogP contribution in [0, 0.1) is 0 Å². The van der Waals surface area contributed by atoms with Gasteiger partial charge in [-0.15, -0.1) is 0 Å². The molecular weight excluding hydrogens is 356 g/mol. The number of rotatable bonds is 18. The fourth-order valence-electron chi connectivity index (χ4n) is 2.55. The summed E-state index contributed by atoms with van der Waals surface area (Å²) in [6.07, 6.45) is 7.62. The molecule has 4 N–H and O–H groups in total. The highest BCUT2D eigenvalue weighted by molar-refractivity contribution is 5.34. The predicted molar refractivity (Wildman–Crippen MR) is 115 cm³/mol. The van der Waals surface area contributed by atoms with Crippen molar-refractivity contribution in [3.05, 3.63) is 5.82 Å². The first kappa shape index (κ1) is 24.5. The number of anilines is 2. The summed E-state index contributed by atoms with van der Waals surface area (Å²) < 4.78 is 10.8. The maximum absolute atomic E-state index is 5.51. The van der Waals surface area contributed by atoms with Crippen molar-refractivity contribution in [3.8, 4) is 0 Å². The monoisotopic (exact) mass is 396 g/mol. The molecular formula is C20H40N6O2. The summed E-state index contributed by atoms with van der Waals surface area (Å²) in [5, 5.41) is 6.56. The average molecular weight is 397 g/mol. The highest BCUT2D eigenvalue weighted by atomic mass is 16.5. The second kappa shape index (κ2) is 16.4. The smallest absolute Gasteiger partial charge is 0.227 e. The first-order chi connectivity index (χ1) is 13.7. The molecule has 0 spiro atoms. The summed E-state index contributed by atoms with van der Waals surface area (Å²) in [6, 6.07) is 0. The third-order valence-corrected chi connectivity index (χ3v) is 4.15. The fraction of sp³-hybridized carbons (Fsp3) is 0.850. The zero-order valence-corrected chi connectivity index (χ0v) is 18.0. The number of unbranched alkanes of at least 4 members (excludes halogenated alkanes) is 5. The Kier molecular flexibility index (Phi) is 14.4. The molecule has 1 aromatic rings. The van der Waals surface area contributed by atoms with Crippen LogP contribution in [0.3, 0.4) is 0 Å². The molecule has 0 aliphatic carbocycles. The zero-order chi connectivity index (χ0) is 20.5. The maximum atomic E-state index is 5.51. The minimum Gasteiger partial charge on any atom is -0.378 e. The van der Waals surface area contributed by atoms with Crippen LogP contribution in [-0.4, -0.2) is 61.0 Å². The van der Waals surface area contributed by atoms with Crippen molar-refractivity contribution in [1.82, 2.24) is 15.0 Å². The van der Waals surface area contributed by atoms with Gasteiger partial charge in [0.2, 0.25) is 11.9 Å². The summed E-state index contributed by atoms with van der Waals surface area (Å²) in [7, 11) is 0. The molecule has 0 saturated heterocycles. The van der Waals surface area contributed by atoms with Gasteiger partial charge in [-0.2, -0.15) is 15.0 Å². The van der Waals surface area contributed by atoms with Gasteiger partial charge in [-0.3, -0.25) is 0 Å². The number of hydrogen-bond acceptors (Lipinski definition) is 8. The van der Waals surface area contributed by atoms with Crippen LogP contribution in [-0.2, 0) is 9.47 Å². The molecule has 28 heavy (non-hydrogen) atoms. The van der Waals surface area contributed by atoms with Crippen molar-refractivity contribution in [1.29, 1.82) is 0 Å². The lowest BCUT2D eigenvalue weighted by Crippen LogP contribution is -2.17. The maximum Gasteiger partial charge on any atom is 0.227 e. The van der Waals surface area contributed by atoms with Gasteiger partial charge in [0.1, 0.15) is 5.82 Å². The Balaban J connectivity index is 2.34. The van der Waals surface area contributed by atoms with E-state index in [-0.39, 0.29) is 5.92 Å². The van der Waals surface area contributed by atoms with Gasteiger partial charge in [-0.1, -0.05) is 52.9 Å². The van der Waals surface area contributed by atoms with Crippen LogP contribution in [0.1, 0.15) is 71.0 Å². The van der Waals surface area contributed by atoms with Gasteiger partial charge in [0.25, 0.3) is 0 Å². The number of ether oxygens (including phenoxy) is 2. The predicted octanol–water partition coefficient (Wildman–Crippen LogP) is 3.17. The molecule has 0 aromatic carbocycles. The third-order valence-electron chi connectivity index (χ3n) is 4.15. The Labute approximate surface area is 170 Å². The molecule has 8 heteroatoms. The minimum atomic E-state index is 0.245. The standard InChI is InChI=1S/C20H40N6O2/c1-4-5-6-7-8-9-11-22-19-24-18(17(2)3)25-20(26-19)23-12-14-28-16-15-27-13-10-21/h17H,4-16,21H2,1-3H3,(H2,22,23,24,25,26). The number of nitrogens with two attached hydrogens (primary N) is 1. The van der Waals surface area contributed by atoms with Gasteiger partial charge < -0.3 is 25.8 Å². The van der Waals surface area contributed by atoms with E-state index in [2.05, 4.69) is 46.4 Å². The normalized spacial score (nSPS) is 11.2. The summed E-state index contributed by atoms with van der Waals surface area (Å²) in [5.41, 5.74) is 5.36. The van der Waals surface area contributed by atoms with E-state index >= 15 is 0 Å². The molecule has 0 atom stereocenters. The molecule has 0 saturated carbocycles. The molecule has 0 radical (unpaired) electrons. The molecule has 1 aromatic heterocycles. The van der Waals surface area contributed by atoms with Crippen LogP contribution in [0.5, 0.6) is 0 Å². The molecule has 0 aliphatic heterocycles. The van der Waals surface area contributed by atoms with Gasteiger partial charge >= 0.3 is 0 Å². The van der Waals surface area contributed by atoms with E-state index in [1.54, 1.807) is 0 Å². The summed E-state index contributed by atoms with van der Waals surface area (Å²) >= 11 is 0. The topological polar surface area (TPSA) is 107 Å². The molecule has 0 amide bonds. The van der Waals surface area contributed by atoms with E-state index in [4.69, 9.17) is 15.2 Å². The van der Waals surface area contributed by atoms with E-state index < -0.39 is 0 Å². The lowest BCUT2D eigenvalue weighted by atomic mass is 10.1. The zero-order valence-electron chi connectivity index (χ0n) is 18.0. The second-order valence-electron chi connectivity index (χ2n) is 7.13. The highest BCUT2D eigenvalue weighted by Crippen LogP contribution is 2.14. The highest BCUT2D eigenvalue weighted by Gasteiger charge is 2.09. The van der Waals surface area contributed by atoms with Crippen LogP contribution in [0.2, 0.25) is 0 Å². The first-order valence-corrected chi connectivity index (χ1v) is 10.8. The molecule has 0 aliphatic rings. The summed E-state index contributed by atoms with van der Waals surface area (Å²) in [6.45, 7) is 10.7. The number of hydrogen-bond donors (Lipinski definition) is 3. The molecule has 162 valence electrons. The van der Waals surface area contributed by atoms with Crippen molar-refractivity contribution in [2.75, 3.05) is 56.7 Å². The lowest BCUT2D eigenvalue weighted by molar-refractivity contribution is 0.0547. The summed E-state index contributed by atoms with van der Waals surface area (Å²) in [4.78, 5) is 13.5. The van der Waals surface area contributed by atoms with Crippen LogP contribution in [0.15, 0.2) is 0 Å². The Bertz CT molecular complexity index is 502. The van der Waals surface area contributed by atoms with E-state index in [1.807, 2.05) is 0 Å². The first-order valence-electron chi connectivity index (χ1n) is 10.8. The largest absolute Gasteiger partial charge is 0.378 e. The lowest BCUT2D eigenvalue weighted by Gasteiger charge is -2.12. The molecule has 1 heterocycles.